The average molecular weight is 428 g/mol. The van der Waals surface area contributed by atoms with Gasteiger partial charge in [0.05, 0.1) is 16.0 Å². The second kappa shape index (κ2) is 9.15. The number of thiophene rings is 1. The highest BCUT2D eigenvalue weighted by Gasteiger charge is 2.33. The van der Waals surface area contributed by atoms with Crippen LogP contribution in [0.3, 0.4) is 0 Å². The maximum atomic E-state index is 14.8. The minimum atomic E-state index is -0.565. The van der Waals surface area contributed by atoms with Crippen molar-refractivity contribution in [1.82, 2.24) is 9.80 Å². The lowest BCUT2D eigenvalue weighted by Crippen LogP contribution is -2.44. The van der Waals surface area contributed by atoms with Gasteiger partial charge in [-0.05, 0) is 62.7 Å². The SMILES string of the molecule is C[C@H]1CCCN1C[C@@H]1CCCN1C(=O)c1ccc(OCc2sccc2C#N)cc1F. The zero-order valence-electron chi connectivity index (χ0n) is 17.1. The Morgan fingerprint density at radius 3 is 2.87 bits per heavy atom. The predicted octanol–water partition coefficient (Wildman–Crippen LogP) is 4.43. The summed E-state index contributed by atoms with van der Waals surface area (Å²) in [5, 5.41) is 10.9. The molecule has 2 aromatic rings. The third-order valence-corrected chi connectivity index (χ3v) is 7.08. The minimum Gasteiger partial charge on any atom is -0.488 e. The van der Waals surface area contributed by atoms with E-state index in [2.05, 4.69) is 17.9 Å². The van der Waals surface area contributed by atoms with Crippen LogP contribution in [0.4, 0.5) is 4.39 Å². The van der Waals surface area contributed by atoms with Crippen molar-refractivity contribution in [2.24, 2.45) is 0 Å². The van der Waals surface area contributed by atoms with Gasteiger partial charge >= 0.3 is 0 Å². The standard InChI is InChI=1S/C23H26FN3O2S/c1-16-4-2-9-26(16)14-18-5-3-10-27(18)23(28)20-7-6-19(12-21(20)24)29-15-22-17(13-25)8-11-30-22/h6-8,11-12,16,18H,2-5,9-10,14-15H2,1H3/t16-,18-/m0/s1. The number of rotatable bonds is 6. The normalized spacial score (nSPS) is 21.7. The number of hydrogen-bond donors (Lipinski definition) is 0. The second-order valence-corrected chi connectivity index (χ2v) is 9.08. The molecule has 0 aliphatic carbocycles. The summed E-state index contributed by atoms with van der Waals surface area (Å²) >= 11 is 1.43. The molecule has 2 fully saturated rings. The molecule has 0 spiro atoms. The molecule has 7 heteroatoms. The van der Waals surface area contributed by atoms with Crippen molar-refractivity contribution < 1.29 is 13.9 Å². The number of ether oxygens (including phenoxy) is 1. The van der Waals surface area contributed by atoms with E-state index in [0.29, 0.717) is 23.9 Å². The van der Waals surface area contributed by atoms with Crippen molar-refractivity contribution in [3.63, 3.8) is 0 Å². The van der Waals surface area contributed by atoms with Crippen LogP contribution in [-0.2, 0) is 6.61 Å². The molecule has 1 aromatic carbocycles. The monoisotopic (exact) mass is 427 g/mol. The summed E-state index contributed by atoms with van der Waals surface area (Å²) in [6, 6.07) is 8.96. The Hall–Kier alpha value is -2.43. The smallest absolute Gasteiger partial charge is 0.257 e. The molecule has 1 amide bonds. The van der Waals surface area contributed by atoms with Gasteiger partial charge < -0.3 is 9.64 Å². The van der Waals surface area contributed by atoms with Crippen molar-refractivity contribution >= 4 is 17.2 Å². The summed E-state index contributed by atoms with van der Waals surface area (Å²) in [6.07, 6.45) is 4.35. The molecule has 4 rings (SSSR count). The van der Waals surface area contributed by atoms with E-state index in [1.807, 2.05) is 10.3 Å². The number of nitrogens with zero attached hydrogens (tertiary/aromatic N) is 3. The van der Waals surface area contributed by atoms with E-state index in [0.717, 1.165) is 30.8 Å². The molecular formula is C23H26FN3O2S. The average Bonchev–Trinajstić information content (AvgIpc) is 3.48. The topological polar surface area (TPSA) is 56.6 Å². The van der Waals surface area contributed by atoms with E-state index < -0.39 is 5.82 Å². The van der Waals surface area contributed by atoms with Gasteiger partial charge in [0.2, 0.25) is 0 Å². The lowest BCUT2D eigenvalue weighted by atomic mass is 10.1. The first-order valence-corrected chi connectivity index (χ1v) is 11.4. The zero-order valence-corrected chi connectivity index (χ0v) is 18.0. The molecule has 2 saturated heterocycles. The largest absolute Gasteiger partial charge is 0.488 e. The first kappa shape index (κ1) is 20.8. The molecule has 2 atom stereocenters. The van der Waals surface area contributed by atoms with Gasteiger partial charge in [0.1, 0.15) is 24.2 Å². The predicted molar refractivity (Wildman–Crippen MR) is 114 cm³/mol. The van der Waals surface area contributed by atoms with Gasteiger partial charge in [-0.15, -0.1) is 11.3 Å². The van der Waals surface area contributed by atoms with Crippen molar-refractivity contribution in [3.05, 3.63) is 51.5 Å². The van der Waals surface area contributed by atoms with Crippen molar-refractivity contribution in [1.29, 1.82) is 5.26 Å². The molecule has 1 aromatic heterocycles. The Morgan fingerprint density at radius 2 is 2.13 bits per heavy atom. The molecule has 0 radical (unpaired) electrons. The molecular weight excluding hydrogens is 401 g/mol. The minimum absolute atomic E-state index is 0.0950. The molecule has 0 N–H and O–H groups in total. The van der Waals surface area contributed by atoms with Crippen LogP contribution >= 0.6 is 11.3 Å². The number of amides is 1. The van der Waals surface area contributed by atoms with Crippen LogP contribution < -0.4 is 4.74 Å². The van der Waals surface area contributed by atoms with Gasteiger partial charge in [0.25, 0.3) is 5.91 Å². The third-order valence-electron chi connectivity index (χ3n) is 6.18. The van der Waals surface area contributed by atoms with E-state index >= 15 is 0 Å². The fourth-order valence-corrected chi connectivity index (χ4v) is 5.18. The Labute approximate surface area is 180 Å². The first-order valence-electron chi connectivity index (χ1n) is 10.5. The van der Waals surface area contributed by atoms with Crippen LogP contribution in [0, 0.1) is 17.1 Å². The highest BCUT2D eigenvalue weighted by molar-refractivity contribution is 7.10. The van der Waals surface area contributed by atoms with E-state index in [1.165, 1.54) is 36.3 Å². The van der Waals surface area contributed by atoms with Crippen molar-refractivity contribution in [3.8, 4) is 11.8 Å². The van der Waals surface area contributed by atoms with E-state index in [1.54, 1.807) is 12.1 Å². The van der Waals surface area contributed by atoms with Gasteiger partial charge in [-0.25, -0.2) is 4.39 Å². The third kappa shape index (κ3) is 4.35. The summed E-state index contributed by atoms with van der Waals surface area (Å²) in [5.41, 5.74) is 0.664. The summed E-state index contributed by atoms with van der Waals surface area (Å²) in [7, 11) is 0. The second-order valence-electron chi connectivity index (χ2n) is 8.08. The Morgan fingerprint density at radius 1 is 1.30 bits per heavy atom. The number of carbonyl (C=O) groups excluding carboxylic acids is 1. The summed E-state index contributed by atoms with van der Waals surface area (Å²) in [4.78, 5) is 18.2. The van der Waals surface area contributed by atoms with Crippen LogP contribution in [0.1, 0.15) is 53.4 Å². The lowest BCUT2D eigenvalue weighted by molar-refractivity contribution is 0.0692. The fourth-order valence-electron chi connectivity index (χ4n) is 4.44. The molecule has 0 bridgehead atoms. The summed E-state index contributed by atoms with van der Waals surface area (Å²) < 4.78 is 20.4. The first-order chi connectivity index (χ1) is 14.6. The van der Waals surface area contributed by atoms with Crippen molar-refractivity contribution in [2.75, 3.05) is 19.6 Å². The van der Waals surface area contributed by atoms with Gasteiger partial charge in [0, 0.05) is 31.2 Å². The van der Waals surface area contributed by atoms with Gasteiger partial charge in [-0.1, -0.05) is 0 Å². The molecule has 3 heterocycles. The number of halogens is 1. The number of carbonyl (C=O) groups is 1. The Bertz CT molecular complexity index is 954. The van der Waals surface area contributed by atoms with Crippen LogP contribution in [0.2, 0.25) is 0 Å². The summed E-state index contributed by atoms with van der Waals surface area (Å²) in [5.74, 6) is -0.451. The van der Waals surface area contributed by atoms with Crippen molar-refractivity contribution in [2.45, 2.75) is 51.3 Å². The molecule has 158 valence electrons. The van der Waals surface area contributed by atoms with Gasteiger partial charge in [-0.2, -0.15) is 5.26 Å². The number of hydrogen-bond acceptors (Lipinski definition) is 5. The van der Waals surface area contributed by atoms with Crippen LogP contribution in [0.25, 0.3) is 0 Å². The van der Waals surface area contributed by atoms with E-state index in [-0.39, 0.29) is 24.1 Å². The number of nitriles is 1. The highest BCUT2D eigenvalue weighted by atomic mass is 32.1. The van der Waals surface area contributed by atoms with E-state index in [4.69, 9.17) is 10.00 Å². The Kier molecular flexibility index (Phi) is 6.35. The fraction of sp³-hybridized carbons (Fsp3) is 0.478. The highest BCUT2D eigenvalue weighted by Crippen LogP contribution is 2.27. The molecule has 2 aliphatic rings. The Balaban J connectivity index is 1.41. The number of likely N-dealkylation sites (tertiary alicyclic amines) is 2. The quantitative estimate of drug-likeness (QED) is 0.685. The molecule has 30 heavy (non-hydrogen) atoms. The van der Waals surface area contributed by atoms with Crippen LogP contribution in [0.5, 0.6) is 5.75 Å². The zero-order chi connectivity index (χ0) is 21.1. The molecule has 0 saturated carbocycles. The van der Waals surface area contributed by atoms with Crippen LogP contribution in [-0.4, -0.2) is 47.4 Å². The van der Waals surface area contributed by atoms with Gasteiger partial charge in [-0.3, -0.25) is 9.69 Å². The molecule has 2 aliphatic heterocycles. The lowest BCUT2D eigenvalue weighted by Gasteiger charge is -2.31. The van der Waals surface area contributed by atoms with Crippen LogP contribution in [0.15, 0.2) is 29.6 Å². The van der Waals surface area contributed by atoms with Gasteiger partial charge in [0.15, 0.2) is 0 Å². The summed E-state index contributed by atoms with van der Waals surface area (Å²) in [6.45, 7) is 5.08. The molecule has 5 nitrogen and oxygen atoms in total. The maximum absolute atomic E-state index is 14.8. The maximum Gasteiger partial charge on any atom is 0.257 e. The number of benzene rings is 1. The van der Waals surface area contributed by atoms with E-state index in [9.17, 15) is 9.18 Å². The molecule has 0 unspecified atom stereocenters.